The van der Waals surface area contributed by atoms with Crippen LogP contribution in [0.25, 0.3) is 16.5 Å². The molecule has 2 fully saturated rings. The van der Waals surface area contributed by atoms with Crippen molar-refractivity contribution in [2.24, 2.45) is 0 Å². The van der Waals surface area contributed by atoms with E-state index in [1.807, 2.05) is 24.3 Å². The third kappa shape index (κ3) is 5.15. The minimum absolute atomic E-state index is 0.0436. The van der Waals surface area contributed by atoms with Gasteiger partial charge in [-0.1, -0.05) is 24.3 Å². The van der Waals surface area contributed by atoms with Gasteiger partial charge in [0.15, 0.2) is 11.5 Å². The number of carbonyl (C=O) groups is 2. The Morgan fingerprint density at radius 2 is 1.59 bits per heavy atom. The molecule has 1 amide bonds. The summed E-state index contributed by atoms with van der Waals surface area (Å²) in [4.78, 5) is 30.6. The molecule has 1 unspecified atom stereocenters. The van der Waals surface area contributed by atoms with Crippen LogP contribution in [0, 0.1) is 0 Å². The molecule has 0 saturated carbocycles. The number of morpholine rings is 1. The lowest BCUT2D eigenvalue weighted by molar-refractivity contribution is -0.140. The van der Waals surface area contributed by atoms with E-state index in [0.29, 0.717) is 48.9 Å². The number of nitrogens with zero attached hydrogens (tertiary/aromatic N) is 2. The predicted molar refractivity (Wildman–Crippen MR) is 146 cm³/mol. The van der Waals surface area contributed by atoms with Crippen molar-refractivity contribution >= 4 is 28.2 Å². The topological polar surface area (TPSA) is 97.8 Å². The highest BCUT2D eigenvalue weighted by molar-refractivity contribution is 6.46. The molecule has 0 bridgehead atoms. The van der Waals surface area contributed by atoms with E-state index in [1.165, 1.54) is 12.0 Å². The van der Waals surface area contributed by atoms with Crippen LogP contribution < -0.4 is 14.2 Å². The van der Waals surface area contributed by atoms with Gasteiger partial charge in [-0.3, -0.25) is 14.5 Å². The molecule has 0 radical (unpaired) electrons. The van der Waals surface area contributed by atoms with Gasteiger partial charge in [0.2, 0.25) is 0 Å². The third-order valence-corrected chi connectivity index (χ3v) is 7.34. The SMILES string of the molecule is COc1ccc2cc(/C(O)=C3\C(=O)C(=O)N(CCN4CCOCC4)C3c3ccc(OC)c(OC)c3)ccc2c1. The average molecular weight is 533 g/mol. The summed E-state index contributed by atoms with van der Waals surface area (Å²) >= 11 is 0. The van der Waals surface area contributed by atoms with Crippen LogP contribution in [0.4, 0.5) is 0 Å². The fraction of sp³-hybridized carbons (Fsp3) is 0.333. The van der Waals surface area contributed by atoms with Crippen molar-refractivity contribution in [3.8, 4) is 17.2 Å². The number of ether oxygens (including phenoxy) is 4. The zero-order valence-electron chi connectivity index (χ0n) is 22.3. The molecule has 204 valence electrons. The van der Waals surface area contributed by atoms with Crippen molar-refractivity contribution in [3.63, 3.8) is 0 Å². The molecule has 9 nitrogen and oxygen atoms in total. The van der Waals surface area contributed by atoms with Crippen LogP contribution in [0.5, 0.6) is 17.2 Å². The van der Waals surface area contributed by atoms with E-state index >= 15 is 0 Å². The molecule has 0 aliphatic carbocycles. The molecule has 2 saturated heterocycles. The van der Waals surface area contributed by atoms with Gasteiger partial charge in [-0.05, 0) is 46.7 Å². The first-order valence-corrected chi connectivity index (χ1v) is 12.8. The Hall–Kier alpha value is -4.08. The summed E-state index contributed by atoms with van der Waals surface area (Å²) in [7, 11) is 4.68. The van der Waals surface area contributed by atoms with E-state index in [1.54, 1.807) is 44.6 Å². The normalized spacial score (nSPS) is 19.5. The van der Waals surface area contributed by atoms with E-state index in [9.17, 15) is 14.7 Å². The Morgan fingerprint density at radius 3 is 2.31 bits per heavy atom. The largest absolute Gasteiger partial charge is 0.507 e. The first-order valence-electron chi connectivity index (χ1n) is 12.8. The van der Waals surface area contributed by atoms with Crippen LogP contribution in [0.1, 0.15) is 17.2 Å². The molecule has 5 rings (SSSR count). The van der Waals surface area contributed by atoms with Gasteiger partial charge in [0.1, 0.15) is 11.5 Å². The lowest BCUT2D eigenvalue weighted by Gasteiger charge is -2.31. The summed E-state index contributed by atoms with van der Waals surface area (Å²) < 4.78 is 21.6. The van der Waals surface area contributed by atoms with Crippen molar-refractivity contribution in [1.82, 2.24) is 9.80 Å². The molecule has 0 spiro atoms. The monoisotopic (exact) mass is 532 g/mol. The molecular formula is C30H32N2O7. The first kappa shape index (κ1) is 26.5. The standard InChI is InChI=1S/C30H32N2O7/c1-36-23-8-6-19-16-22(5-4-20(19)17-23)28(33)26-27(21-7-9-24(37-2)25(18-21)38-3)32(30(35)29(26)34)11-10-31-12-14-39-15-13-31/h4-9,16-18,27,33H,10-15H2,1-3H3/b28-26+. The summed E-state index contributed by atoms with van der Waals surface area (Å²) in [6.45, 7) is 3.67. The summed E-state index contributed by atoms with van der Waals surface area (Å²) in [5.74, 6) is 0.127. The second kappa shape index (κ2) is 11.3. The minimum Gasteiger partial charge on any atom is -0.507 e. The maximum absolute atomic E-state index is 13.5. The van der Waals surface area contributed by atoms with Gasteiger partial charge in [-0.15, -0.1) is 0 Å². The second-order valence-corrected chi connectivity index (χ2v) is 9.49. The van der Waals surface area contributed by atoms with Crippen molar-refractivity contribution in [1.29, 1.82) is 0 Å². The molecule has 2 aliphatic rings. The Bertz CT molecular complexity index is 1430. The highest BCUT2D eigenvalue weighted by Gasteiger charge is 2.46. The molecule has 0 aromatic heterocycles. The summed E-state index contributed by atoms with van der Waals surface area (Å²) in [5.41, 5.74) is 1.13. The van der Waals surface area contributed by atoms with Gasteiger partial charge in [-0.2, -0.15) is 0 Å². The summed E-state index contributed by atoms with van der Waals surface area (Å²) in [6, 6.07) is 15.5. The number of methoxy groups -OCH3 is 3. The third-order valence-electron chi connectivity index (χ3n) is 7.34. The van der Waals surface area contributed by atoms with E-state index in [2.05, 4.69) is 4.90 Å². The summed E-state index contributed by atoms with van der Waals surface area (Å²) in [5, 5.41) is 13.3. The lowest BCUT2D eigenvalue weighted by Crippen LogP contribution is -2.42. The average Bonchev–Trinajstić information content (AvgIpc) is 3.24. The highest BCUT2D eigenvalue weighted by Crippen LogP contribution is 2.42. The predicted octanol–water partition coefficient (Wildman–Crippen LogP) is 3.62. The molecule has 2 heterocycles. The lowest BCUT2D eigenvalue weighted by atomic mass is 9.94. The Morgan fingerprint density at radius 1 is 0.872 bits per heavy atom. The van der Waals surface area contributed by atoms with E-state index in [4.69, 9.17) is 18.9 Å². The fourth-order valence-corrected chi connectivity index (χ4v) is 5.21. The van der Waals surface area contributed by atoms with Gasteiger partial charge in [0.05, 0.1) is 46.2 Å². The van der Waals surface area contributed by atoms with Crippen molar-refractivity contribution in [2.75, 3.05) is 60.7 Å². The number of amides is 1. The smallest absolute Gasteiger partial charge is 0.295 e. The second-order valence-electron chi connectivity index (χ2n) is 9.49. The molecule has 2 aliphatic heterocycles. The molecule has 9 heteroatoms. The van der Waals surface area contributed by atoms with Crippen LogP contribution in [-0.2, 0) is 14.3 Å². The molecule has 39 heavy (non-hydrogen) atoms. The molecule has 3 aromatic carbocycles. The molecule has 1 N–H and O–H groups in total. The van der Waals surface area contributed by atoms with Crippen molar-refractivity contribution in [2.45, 2.75) is 6.04 Å². The summed E-state index contributed by atoms with van der Waals surface area (Å²) in [6.07, 6.45) is 0. The number of Topliss-reactive ketones (excluding diaryl/α,β-unsaturated/α-hetero) is 1. The van der Waals surface area contributed by atoms with Gasteiger partial charge in [0.25, 0.3) is 11.7 Å². The molecule has 3 aromatic rings. The Kier molecular flexibility index (Phi) is 7.72. The van der Waals surface area contributed by atoms with Crippen LogP contribution in [0.3, 0.4) is 0 Å². The minimum atomic E-state index is -0.794. The van der Waals surface area contributed by atoms with Gasteiger partial charge in [0, 0.05) is 31.7 Å². The van der Waals surface area contributed by atoms with Gasteiger partial charge in [-0.25, -0.2) is 0 Å². The highest BCUT2D eigenvalue weighted by atomic mass is 16.5. The number of ketones is 1. The number of carbonyl (C=O) groups excluding carboxylic acids is 2. The van der Waals surface area contributed by atoms with Crippen LogP contribution >= 0.6 is 0 Å². The van der Waals surface area contributed by atoms with Crippen LogP contribution in [0.2, 0.25) is 0 Å². The zero-order valence-corrected chi connectivity index (χ0v) is 22.3. The van der Waals surface area contributed by atoms with Crippen molar-refractivity contribution in [3.05, 3.63) is 71.3 Å². The number of fused-ring (bicyclic) bond motifs is 1. The first-order chi connectivity index (χ1) is 18.9. The van der Waals surface area contributed by atoms with E-state index in [-0.39, 0.29) is 11.3 Å². The Labute approximate surface area is 227 Å². The van der Waals surface area contributed by atoms with Gasteiger partial charge >= 0.3 is 0 Å². The number of aliphatic hydroxyl groups excluding tert-OH is 1. The number of rotatable bonds is 8. The van der Waals surface area contributed by atoms with Crippen LogP contribution in [0.15, 0.2) is 60.2 Å². The quantitative estimate of drug-likeness (QED) is 0.267. The van der Waals surface area contributed by atoms with E-state index in [0.717, 1.165) is 29.6 Å². The maximum Gasteiger partial charge on any atom is 0.295 e. The number of likely N-dealkylation sites (tertiary alicyclic amines) is 1. The molecule has 1 atom stereocenters. The number of hydrogen-bond acceptors (Lipinski definition) is 8. The number of aliphatic hydroxyl groups is 1. The molecular weight excluding hydrogens is 500 g/mol. The number of benzene rings is 3. The van der Waals surface area contributed by atoms with E-state index < -0.39 is 17.7 Å². The fourth-order valence-electron chi connectivity index (χ4n) is 5.21. The van der Waals surface area contributed by atoms with Crippen molar-refractivity contribution < 1.29 is 33.6 Å². The van der Waals surface area contributed by atoms with Gasteiger partial charge < -0.3 is 29.0 Å². The maximum atomic E-state index is 13.5. The zero-order chi connectivity index (χ0) is 27.5. The Balaban J connectivity index is 1.59. The number of hydrogen-bond donors (Lipinski definition) is 1. The van der Waals surface area contributed by atoms with Crippen LogP contribution in [-0.4, -0.2) is 87.3 Å².